The second kappa shape index (κ2) is 8.12. The van der Waals surface area contributed by atoms with Gasteiger partial charge in [0.15, 0.2) is 0 Å². The van der Waals surface area contributed by atoms with Gasteiger partial charge in [-0.25, -0.2) is 9.78 Å². The molecule has 0 atom stereocenters. The largest absolute Gasteiger partial charge is 0.470 e. The molecule has 0 saturated heterocycles. The fraction of sp³-hybridized carbons (Fsp3) is 0.190. The van der Waals surface area contributed by atoms with E-state index in [-0.39, 0.29) is 5.69 Å². The first kappa shape index (κ1) is 18.7. The van der Waals surface area contributed by atoms with Gasteiger partial charge in [-0.15, -0.1) is 0 Å². The Labute approximate surface area is 171 Å². The molecule has 0 unspecified atom stereocenters. The Balaban J connectivity index is 1.71. The molecule has 2 aromatic heterocycles. The molecule has 0 aliphatic carbocycles. The van der Waals surface area contributed by atoms with Crippen molar-refractivity contribution in [3.63, 3.8) is 0 Å². The summed E-state index contributed by atoms with van der Waals surface area (Å²) in [5, 5.41) is 4.06. The SMILES string of the molecule is CCc1nc(=O)n(-c2cccc(CCOc3nccs3)c2)c2cc(Cl)ccc12. The summed E-state index contributed by atoms with van der Waals surface area (Å²) < 4.78 is 7.26. The quantitative estimate of drug-likeness (QED) is 0.462. The van der Waals surface area contributed by atoms with Gasteiger partial charge in [0.1, 0.15) is 0 Å². The van der Waals surface area contributed by atoms with E-state index in [4.69, 9.17) is 16.3 Å². The molecule has 0 N–H and O–H groups in total. The summed E-state index contributed by atoms with van der Waals surface area (Å²) in [5.41, 5.74) is 3.07. The maximum absolute atomic E-state index is 12.8. The number of nitrogens with zero attached hydrogens (tertiary/aromatic N) is 3. The minimum absolute atomic E-state index is 0.303. The minimum Gasteiger partial charge on any atom is -0.470 e. The zero-order valence-corrected chi connectivity index (χ0v) is 16.8. The summed E-state index contributed by atoms with van der Waals surface area (Å²) in [4.78, 5) is 21.2. The van der Waals surface area contributed by atoms with Crippen LogP contribution in [0, 0.1) is 0 Å². The van der Waals surface area contributed by atoms with Crippen LogP contribution in [-0.2, 0) is 12.8 Å². The second-order valence-corrected chi connectivity index (χ2v) is 7.55. The Bertz CT molecular complexity index is 1170. The lowest BCUT2D eigenvalue weighted by molar-refractivity contribution is 0.320. The molecular formula is C21H18ClN3O2S. The van der Waals surface area contributed by atoms with Crippen molar-refractivity contribution in [2.45, 2.75) is 19.8 Å². The maximum atomic E-state index is 12.8. The standard InChI is InChI=1S/C21H18ClN3O2S/c1-2-18-17-7-6-15(22)13-19(17)25(20(26)24-18)16-5-3-4-14(12-16)8-10-27-21-23-9-11-28-21/h3-7,9,11-13H,2,8,10H2,1H3. The van der Waals surface area contributed by atoms with Crippen LogP contribution in [0.15, 0.2) is 58.8 Å². The predicted molar refractivity (Wildman–Crippen MR) is 113 cm³/mol. The molecule has 0 aliphatic heterocycles. The van der Waals surface area contributed by atoms with Crippen molar-refractivity contribution >= 4 is 33.8 Å². The highest BCUT2D eigenvalue weighted by molar-refractivity contribution is 7.11. The van der Waals surface area contributed by atoms with Crippen molar-refractivity contribution in [1.29, 1.82) is 0 Å². The Morgan fingerprint density at radius 2 is 2.11 bits per heavy atom. The number of thiazole rings is 1. The Kier molecular flexibility index (Phi) is 5.41. The maximum Gasteiger partial charge on any atom is 0.352 e. The zero-order valence-electron chi connectivity index (χ0n) is 15.3. The Morgan fingerprint density at radius 1 is 1.21 bits per heavy atom. The normalized spacial score (nSPS) is 11.1. The molecule has 0 saturated carbocycles. The highest BCUT2D eigenvalue weighted by atomic mass is 35.5. The smallest absolute Gasteiger partial charge is 0.352 e. The molecule has 0 amide bonds. The van der Waals surface area contributed by atoms with Crippen molar-refractivity contribution in [2.24, 2.45) is 0 Å². The highest BCUT2D eigenvalue weighted by Crippen LogP contribution is 2.23. The first-order valence-electron chi connectivity index (χ1n) is 8.98. The first-order chi connectivity index (χ1) is 13.7. The van der Waals surface area contributed by atoms with E-state index in [0.717, 1.165) is 27.8 Å². The van der Waals surface area contributed by atoms with E-state index in [1.54, 1.807) is 10.8 Å². The number of aryl methyl sites for hydroxylation is 1. The fourth-order valence-corrected chi connectivity index (χ4v) is 3.85. The topological polar surface area (TPSA) is 57.0 Å². The Hall–Kier alpha value is -2.70. The number of halogens is 1. The van der Waals surface area contributed by atoms with Gasteiger partial charge in [0.25, 0.3) is 5.19 Å². The van der Waals surface area contributed by atoms with Crippen LogP contribution in [0.25, 0.3) is 16.6 Å². The van der Waals surface area contributed by atoms with Crippen LogP contribution in [0.2, 0.25) is 5.02 Å². The molecule has 0 radical (unpaired) electrons. The summed E-state index contributed by atoms with van der Waals surface area (Å²) >= 11 is 7.68. The number of benzene rings is 2. The van der Waals surface area contributed by atoms with Gasteiger partial charge in [-0.1, -0.05) is 42.0 Å². The zero-order chi connectivity index (χ0) is 19.5. The van der Waals surface area contributed by atoms with Crippen LogP contribution in [0.5, 0.6) is 5.19 Å². The van der Waals surface area contributed by atoms with Crippen LogP contribution in [-0.4, -0.2) is 21.1 Å². The van der Waals surface area contributed by atoms with Gasteiger partial charge >= 0.3 is 5.69 Å². The monoisotopic (exact) mass is 411 g/mol. The van der Waals surface area contributed by atoms with Crippen molar-refractivity contribution in [3.05, 3.63) is 80.8 Å². The van der Waals surface area contributed by atoms with Gasteiger partial charge in [-0.05, 0) is 42.3 Å². The van der Waals surface area contributed by atoms with Crippen LogP contribution in [0.4, 0.5) is 0 Å². The molecule has 0 aliphatic rings. The second-order valence-electron chi connectivity index (χ2n) is 6.26. The van der Waals surface area contributed by atoms with Crippen molar-refractivity contribution < 1.29 is 4.74 Å². The molecule has 0 spiro atoms. The summed E-state index contributed by atoms with van der Waals surface area (Å²) in [6.07, 6.45) is 3.11. The van der Waals surface area contributed by atoms with E-state index in [0.29, 0.717) is 29.7 Å². The summed E-state index contributed by atoms with van der Waals surface area (Å²) in [6.45, 7) is 2.51. The van der Waals surface area contributed by atoms with Gasteiger partial charge in [0.2, 0.25) is 0 Å². The molecule has 2 heterocycles. The van der Waals surface area contributed by atoms with E-state index in [9.17, 15) is 4.79 Å². The fourth-order valence-electron chi connectivity index (χ4n) is 3.17. The number of fused-ring (bicyclic) bond motifs is 1. The van der Waals surface area contributed by atoms with E-state index >= 15 is 0 Å². The molecule has 7 heteroatoms. The summed E-state index contributed by atoms with van der Waals surface area (Å²) in [7, 11) is 0. The van der Waals surface area contributed by atoms with Gasteiger partial charge in [-0.2, -0.15) is 4.98 Å². The molecule has 4 aromatic rings. The van der Waals surface area contributed by atoms with Crippen LogP contribution in [0.1, 0.15) is 18.2 Å². The highest BCUT2D eigenvalue weighted by Gasteiger charge is 2.12. The third-order valence-electron chi connectivity index (χ3n) is 4.46. The summed E-state index contributed by atoms with van der Waals surface area (Å²) in [5.74, 6) is 0. The minimum atomic E-state index is -0.303. The lowest BCUT2D eigenvalue weighted by Crippen LogP contribution is -2.23. The number of ether oxygens (including phenoxy) is 1. The van der Waals surface area contributed by atoms with Gasteiger partial charge in [-0.3, -0.25) is 4.57 Å². The van der Waals surface area contributed by atoms with Crippen molar-refractivity contribution in [2.75, 3.05) is 6.61 Å². The molecule has 2 aromatic carbocycles. The van der Waals surface area contributed by atoms with Gasteiger partial charge < -0.3 is 4.74 Å². The molecule has 5 nitrogen and oxygen atoms in total. The summed E-state index contributed by atoms with van der Waals surface area (Å²) in [6, 6.07) is 13.4. The lowest BCUT2D eigenvalue weighted by Gasteiger charge is -2.13. The molecule has 4 rings (SSSR count). The van der Waals surface area contributed by atoms with Crippen LogP contribution >= 0.6 is 22.9 Å². The first-order valence-corrected chi connectivity index (χ1v) is 10.2. The van der Waals surface area contributed by atoms with E-state index < -0.39 is 0 Å². The predicted octanol–water partition coefficient (Wildman–Crippen LogP) is 4.68. The number of hydrogen-bond donors (Lipinski definition) is 0. The van der Waals surface area contributed by atoms with Crippen molar-refractivity contribution in [3.8, 4) is 10.9 Å². The lowest BCUT2D eigenvalue weighted by atomic mass is 10.1. The average molecular weight is 412 g/mol. The van der Waals surface area contributed by atoms with Gasteiger partial charge in [0, 0.05) is 28.4 Å². The third-order valence-corrected chi connectivity index (χ3v) is 5.38. The third kappa shape index (κ3) is 3.79. The Morgan fingerprint density at radius 3 is 2.89 bits per heavy atom. The van der Waals surface area contributed by atoms with Crippen molar-refractivity contribution in [1.82, 2.24) is 14.5 Å². The molecule has 0 bridgehead atoms. The van der Waals surface area contributed by atoms with Gasteiger partial charge in [0.05, 0.1) is 23.5 Å². The van der Waals surface area contributed by atoms with Crippen LogP contribution in [0.3, 0.4) is 0 Å². The van der Waals surface area contributed by atoms with E-state index in [2.05, 4.69) is 9.97 Å². The number of hydrogen-bond acceptors (Lipinski definition) is 5. The van der Waals surface area contributed by atoms with Crippen LogP contribution < -0.4 is 10.4 Å². The molecule has 28 heavy (non-hydrogen) atoms. The number of rotatable bonds is 6. The number of aromatic nitrogens is 3. The average Bonchev–Trinajstić information content (AvgIpc) is 3.21. The van der Waals surface area contributed by atoms with E-state index in [1.165, 1.54) is 11.3 Å². The molecule has 142 valence electrons. The van der Waals surface area contributed by atoms with E-state index in [1.807, 2.05) is 54.8 Å². The molecule has 0 fully saturated rings. The molecular weight excluding hydrogens is 394 g/mol.